The lowest BCUT2D eigenvalue weighted by atomic mass is 10.1. The predicted octanol–water partition coefficient (Wildman–Crippen LogP) is 3.83. The fourth-order valence-corrected chi connectivity index (χ4v) is 4.39. The quantitative estimate of drug-likeness (QED) is 0.826. The number of thiophene rings is 1. The second-order valence-corrected chi connectivity index (χ2v) is 7.34. The molecule has 0 aliphatic heterocycles. The van der Waals surface area contributed by atoms with E-state index >= 15 is 0 Å². The predicted molar refractivity (Wildman–Crippen MR) is 96.4 cm³/mol. The number of aryl methyl sites for hydroxylation is 3. The molecule has 24 heavy (non-hydrogen) atoms. The van der Waals surface area contributed by atoms with Crippen LogP contribution in [0, 0.1) is 6.92 Å². The largest absolute Gasteiger partial charge is 0.493 e. The number of nitrogens with zero attached hydrogens (tertiary/aromatic N) is 1. The fourth-order valence-electron chi connectivity index (χ4n) is 3.14. The summed E-state index contributed by atoms with van der Waals surface area (Å²) in [6, 6.07) is 5.98. The molecule has 4 nitrogen and oxygen atoms in total. The van der Waals surface area contributed by atoms with Gasteiger partial charge in [-0.2, -0.15) is 0 Å². The van der Waals surface area contributed by atoms with E-state index in [1.54, 1.807) is 30.5 Å². The maximum atomic E-state index is 12.7. The zero-order valence-corrected chi connectivity index (χ0v) is 15.5. The molecule has 0 unspecified atom stereocenters. The van der Waals surface area contributed by atoms with Crippen LogP contribution in [0.2, 0.25) is 0 Å². The summed E-state index contributed by atoms with van der Waals surface area (Å²) in [5, 5.41) is 0. The number of carbonyl (C=O) groups excluding carboxylic acids is 1. The van der Waals surface area contributed by atoms with E-state index in [0.717, 1.165) is 28.8 Å². The first-order valence-corrected chi connectivity index (χ1v) is 8.93. The van der Waals surface area contributed by atoms with Crippen molar-refractivity contribution in [1.82, 2.24) is 4.90 Å². The molecule has 0 atom stereocenters. The molecule has 1 aromatic heterocycles. The normalized spacial score (nSPS) is 12.8. The van der Waals surface area contributed by atoms with E-state index in [9.17, 15) is 4.79 Å². The van der Waals surface area contributed by atoms with E-state index in [0.29, 0.717) is 18.0 Å². The second-order valence-electron chi connectivity index (χ2n) is 6.21. The Morgan fingerprint density at radius 3 is 2.54 bits per heavy atom. The van der Waals surface area contributed by atoms with Crippen molar-refractivity contribution in [2.24, 2.45) is 0 Å². The SMILES string of the molecule is COc1cc(C)c(CN(C)C(=O)c2cc3c(s2)CCC3)cc1OC. The third-order valence-corrected chi connectivity index (χ3v) is 5.78. The van der Waals surface area contributed by atoms with Crippen LogP contribution in [0.5, 0.6) is 11.5 Å². The molecule has 0 fully saturated rings. The zero-order chi connectivity index (χ0) is 17.3. The van der Waals surface area contributed by atoms with Gasteiger partial charge in [-0.05, 0) is 61.1 Å². The molecule has 2 aromatic rings. The molecule has 5 heteroatoms. The van der Waals surface area contributed by atoms with Crippen LogP contribution < -0.4 is 9.47 Å². The lowest BCUT2D eigenvalue weighted by Crippen LogP contribution is -2.25. The van der Waals surface area contributed by atoms with E-state index < -0.39 is 0 Å². The lowest BCUT2D eigenvalue weighted by molar-refractivity contribution is 0.0789. The molecule has 0 N–H and O–H groups in total. The van der Waals surface area contributed by atoms with Crippen LogP contribution in [0.15, 0.2) is 18.2 Å². The van der Waals surface area contributed by atoms with Crippen LogP contribution in [-0.2, 0) is 19.4 Å². The molecule has 0 radical (unpaired) electrons. The summed E-state index contributed by atoms with van der Waals surface area (Å²) in [5.74, 6) is 1.49. The van der Waals surface area contributed by atoms with Gasteiger partial charge < -0.3 is 14.4 Å². The Balaban J connectivity index is 1.78. The average Bonchev–Trinajstić information content (AvgIpc) is 3.17. The van der Waals surface area contributed by atoms with Gasteiger partial charge in [0.15, 0.2) is 11.5 Å². The Morgan fingerprint density at radius 2 is 1.88 bits per heavy atom. The fraction of sp³-hybridized carbons (Fsp3) is 0.421. The second kappa shape index (κ2) is 6.85. The lowest BCUT2D eigenvalue weighted by Gasteiger charge is -2.19. The maximum Gasteiger partial charge on any atom is 0.263 e. The number of amides is 1. The molecule has 128 valence electrons. The first kappa shape index (κ1) is 16.8. The van der Waals surface area contributed by atoms with Crippen LogP contribution in [0.25, 0.3) is 0 Å². The number of fused-ring (bicyclic) bond motifs is 1. The zero-order valence-electron chi connectivity index (χ0n) is 14.6. The summed E-state index contributed by atoms with van der Waals surface area (Å²) < 4.78 is 10.7. The molecular weight excluding hydrogens is 322 g/mol. The molecule has 3 rings (SSSR count). The molecule has 1 aliphatic rings. The van der Waals surface area contributed by atoms with Crippen LogP contribution in [0.1, 0.15) is 37.7 Å². The number of hydrogen-bond donors (Lipinski definition) is 0. The summed E-state index contributed by atoms with van der Waals surface area (Å²) in [4.78, 5) is 16.7. The van der Waals surface area contributed by atoms with Gasteiger partial charge in [-0.25, -0.2) is 0 Å². The Bertz CT molecular complexity index is 745. The Morgan fingerprint density at radius 1 is 1.17 bits per heavy atom. The highest BCUT2D eigenvalue weighted by molar-refractivity contribution is 7.14. The standard InChI is InChI=1S/C19H23NO3S/c1-12-8-15(22-3)16(23-4)9-14(12)11-20(2)19(21)18-10-13-6-5-7-17(13)24-18/h8-10H,5-7,11H2,1-4H3. The number of carbonyl (C=O) groups is 1. The smallest absolute Gasteiger partial charge is 0.263 e. The minimum atomic E-state index is 0.0867. The number of hydrogen-bond acceptors (Lipinski definition) is 4. The van der Waals surface area contributed by atoms with Crippen molar-refractivity contribution >= 4 is 17.2 Å². The van der Waals surface area contributed by atoms with Crippen molar-refractivity contribution in [3.05, 3.63) is 44.6 Å². The van der Waals surface area contributed by atoms with E-state index in [1.807, 2.05) is 26.1 Å². The molecule has 0 bridgehead atoms. The molecule has 1 aliphatic carbocycles. The first-order valence-electron chi connectivity index (χ1n) is 8.12. The molecule has 1 heterocycles. The highest BCUT2D eigenvalue weighted by atomic mass is 32.1. The summed E-state index contributed by atoms with van der Waals surface area (Å²) >= 11 is 1.65. The van der Waals surface area contributed by atoms with Gasteiger partial charge >= 0.3 is 0 Å². The molecular formula is C19H23NO3S. The van der Waals surface area contributed by atoms with Crippen LogP contribution >= 0.6 is 11.3 Å². The Kier molecular flexibility index (Phi) is 4.81. The molecule has 0 saturated heterocycles. The first-order chi connectivity index (χ1) is 11.5. The van der Waals surface area contributed by atoms with Gasteiger partial charge in [0.2, 0.25) is 0 Å². The van der Waals surface area contributed by atoms with Gasteiger partial charge in [-0.15, -0.1) is 11.3 Å². The average molecular weight is 345 g/mol. The van der Waals surface area contributed by atoms with Crippen molar-refractivity contribution in [2.45, 2.75) is 32.7 Å². The van der Waals surface area contributed by atoms with E-state index in [4.69, 9.17) is 9.47 Å². The van der Waals surface area contributed by atoms with E-state index in [2.05, 4.69) is 6.07 Å². The summed E-state index contributed by atoms with van der Waals surface area (Å²) in [7, 11) is 5.10. The number of ether oxygens (including phenoxy) is 2. The highest BCUT2D eigenvalue weighted by Crippen LogP contribution is 2.33. The summed E-state index contributed by atoms with van der Waals surface area (Å²) in [6.07, 6.45) is 3.44. The molecule has 0 saturated carbocycles. The minimum absolute atomic E-state index is 0.0867. The number of methoxy groups -OCH3 is 2. The summed E-state index contributed by atoms with van der Waals surface area (Å²) in [5.41, 5.74) is 3.51. The third-order valence-electron chi connectivity index (χ3n) is 4.55. The van der Waals surface area contributed by atoms with Gasteiger partial charge in [-0.3, -0.25) is 4.79 Å². The van der Waals surface area contributed by atoms with Crippen molar-refractivity contribution in [3.8, 4) is 11.5 Å². The minimum Gasteiger partial charge on any atom is -0.493 e. The third kappa shape index (κ3) is 3.13. The Hall–Kier alpha value is -2.01. The van der Waals surface area contributed by atoms with Crippen molar-refractivity contribution in [2.75, 3.05) is 21.3 Å². The maximum absolute atomic E-state index is 12.7. The Labute approximate surface area is 147 Å². The van der Waals surface area contributed by atoms with Gasteiger partial charge in [0, 0.05) is 18.5 Å². The number of rotatable bonds is 5. The van der Waals surface area contributed by atoms with Crippen LogP contribution in [0.3, 0.4) is 0 Å². The van der Waals surface area contributed by atoms with Gasteiger partial charge in [0.05, 0.1) is 19.1 Å². The van der Waals surface area contributed by atoms with Gasteiger partial charge in [0.25, 0.3) is 5.91 Å². The monoisotopic (exact) mass is 345 g/mol. The topological polar surface area (TPSA) is 38.8 Å². The van der Waals surface area contributed by atoms with Gasteiger partial charge in [-0.1, -0.05) is 0 Å². The van der Waals surface area contributed by atoms with Crippen LogP contribution in [0.4, 0.5) is 0 Å². The van der Waals surface area contributed by atoms with Crippen molar-refractivity contribution in [1.29, 1.82) is 0 Å². The molecule has 0 spiro atoms. The molecule has 1 amide bonds. The van der Waals surface area contributed by atoms with Gasteiger partial charge in [0.1, 0.15) is 0 Å². The van der Waals surface area contributed by atoms with Crippen molar-refractivity contribution in [3.63, 3.8) is 0 Å². The number of benzene rings is 1. The van der Waals surface area contributed by atoms with Crippen molar-refractivity contribution < 1.29 is 14.3 Å². The summed E-state index contributed by atoms with van der Waals surface area (Å²) in [6.45, 7) is 2.57. The highest BCUT2D eigenvalue weighted by Gasteiger charge is 2.21. The van der Waals surface area contributed by atoms with Crippen LogP contribution in [-0.4, -0.2) is 32.1 Å². The van der Waals surface area contributed by atoms with E-state index in [1.165, 1.54) is 16.9 Å². The molecule has 1 aromatic carbocycles. The van der Waals surface area contributed by atoms with E-state index in [-0.39, 0.29) is 5.91 Å².